The number of sulfonamides is 1. The number of rotatable bonds is 7. The monoisotopic (exact) mass is 381 g/mol. The van der Waals surface area contributed by atoms with Crippen molar-refractivity contribution < 1.29 is 13.2 Å². The summed E-state index contributed by atoms with van der Waals surface area (Å²) in [5.74, 6) is 0.656. The predicted molar refractivity (Wildman–Crippen MR) is 104 cm³/mol. The molecule has 0 bridgehead atoms. The topological polar surface area (TPSA) is 69.7 Å². The van der Waals surface area contributed by atoms with Gasteiger partial charge in [0.05, 0.1) is 4.90 Å². The van der Waals surface area contributed by atoms with Gasteiger partial charge in [0.2, 0.25) is 10.0 Å². The molecule has 2 rings (SSSR count). The smallest absolute Gasteiger partial charge is 0.253 e. The van der Waals surface area contributed by atoms with E-state index in [0.29, 0.717) is 11.5 Å². The van der Waals surface area contributed by atoms with Crippen molar-refractivity contribution in [2.45, 2.75) is 44.0 Å². The van der Waals surface area contributed by atoms with E-state index >= 15 is 0 Å². The molecular formula is C19H31N3O3S. The molecule has 6 nitrogen and oxygen atoms in total. The van der Waals surface area contributed by atoms with Crippen LogP contribution in [-0.4, -0.2) is 63.3 Å². The molecule has 1 saturated heterocycles. The van der Waals surface area contributed by atoms with Crippen LogP contribution in [0.1, 0.15) is 43.5 Å². The van der Waals surface area contributed by atoms with Crippen molar-refractivity contribution in [1.29, 1.82) is 0 Å². The van der Waals surface area contributed by atoms with Gasteiger partial charge in [-0.3, -0.25) is 4.79 Å². The van der Waals surface area contributed by atoms with E-state index in [9.17, 15) is 13.2 Å². The summed E-state index contributed by atoms with van der Waals surface area (Å²) < 4.78 is 26.3. The molecule has 1 amide bonds. The van der Waals surface area contributed by atoms with Crippen LogP contribution in [0.2, 0.25) is 0 Å². The van der Waals surface area contributed by atoms with Crippen LogP contribution < -0.4 is 5.32 Å². The summed E-state index contributed by atoms with van der Waals surface area (Å²) in [5.41, 5.74) is 0.546. The second-order valence-corrected chi connectivity index (χ2v) is 9.26. The highest BCUT2D eigenvalue weighted by molar-refractivity contribution is 7.89. The zero-order valence-corrected chi connectivity index (χ0v) is 17.1. The highest BCUT2D eigenvalue weighted by Crippen LogP contribution is 2.22. The highest BCUT2D eigenvalue weighted by Gasteiger charge is 2.25. The number of nitrogens with one attached hydrogen (secondary N) is 1. The molecule has 0 aromatic heterocycles. The summed E-state index contributed by atoms with van der Waals surface area (Å²) in [6.45, 7) is 6.21. The molecule has 1 aliphatic heterocycles. The summed E-state index contributed by atoms with van der Waals surface area (Å²) in [6, 6.07) is 6.18. The summed E-state index contributed by atoms with van der Waals surface area (Å²) in [6.07, 6.45) is 3.20. The Labute approximate surface area is 157 Å². The molecule has 7 heteroatoms. The molecule has 1 aliphatic rings. The summed E-state index contributed by atoms with van der Waals surface area (Å²) in [7, 11) is 0.00728. The van der Waals surface area contributed by atoms with Gasteiger partial charge in [-0.1, -0.05) is 0 Å². The molecule has 0 saturated carbocycles. The second-order valence-electron chi connectivity index (χ2n) is 7.27. The van der Waals surface area contributed by atoms with Gasteiger partial charge in [0.15, 0.2) is 0 Å². The van der Waals surface area contributed by atoms with Crippen LogP contribution in [0.25, 0.3) is 0 Å². The van der Waals surface area contributed by atoms with Crippen molar-refractivity contribution >= 4 is 15.9 Å². The van der Waals surface area contributed by atoms with Crippen LogP contribution in [0.5, 0.6) is 0 Å². The van der Waals surface area contributed by atoms with Gasteiger partial charge in [-0.05, 0) is 76.9 Å². The van der Waals surface area contributed by atoms with Crippen molar-refractivity contribution in [2.24, 2.45) is 5.92 Å². The minimum absolute atomic E-state index is 0.0155. The molecule has 0 spiro atoms. The number of hydrogen-bond acceptors (Lipinski definition) is 4. The van der Waals surface area contributed by atoms with Gasteiger partial charge in [-0.2, -0.15) is 4.31 Å². The minimum atomic E-state index is -3.52. The molecular weight excluding hydrogens is 350 g/mol. The molecule has 0 unspecified atom stereocenters. The van der Waals surface area contributed by atoms with Crippen molar-refractivity contribution in [2.75, 3.05) is 33.7 Å². The van der Waals surface area contributed by atoms with E-state index < -0.39 is 10.0 Å². The number of likely N-dealkylation sites (tertiary alicyclic amines) is 1. The molecule has 1 heterocycles. The average Bonchev–Trinajstić information content (AvgIpc) is 2.65. The largest absolute Gasteiger partial charge is 0.339 e. The van der Waals surface area contributed by atoms with Crippen LogP contribution in [0.15, 0.2) is 29.2 Å². The SMILES string of the molecule is CNCCC1CCN(C(=O)c2ccc(S(=O)(=O)N(C)C(C)C)cc2)CC1. The van der Waals surface area contributed by atoms with Gasteiger partial charge in [-0.15, -0.1) is 0 Å². The number of hydrogen-bond donors (Lipinski definition) is 1. The molecule has 1 aromatic rings. The summed E-state index contributed by atoms with van der Waals surface area (Å²) >= 11 is 0. The Morgan fingerprint density at radius 2 is 1.81 bits per heavy atom. The van der Waals surface area contributed by atoms with E-state index in [-0.39, 0.29) is 16.8 Å². The first-order chi connectivity index (χ1) is 12.3. The van der Waals surface area contributed by atoms with Crippen LogP contribution in [0.3, 0.4) is 0 Å². The van der Waals surface area contributed by atoms with Crippen molar-refractivity contribution in [1.82, 2.24) is 14.5 Å². The van der Waals surface area contributed by atoms with E-state index in [1.54, 1.807) is 19.2 Å². The van der Waals surface area contributed by atoms with E-state index in [1.807, 2.05) is 25.8 Å². The standard InChI is InChI=1S/C19H31N3O3S/c1-15(2)21(4)26(24,25)18-7-5-17(6-8-18)19(23)22-13-10-16(11-14-22)9-12-20-3/h5-8,15-16,20H,9-14H2,1-4H3. The lowest BCUT2D eigenvalue weighted by Crippen LogP contribution is -2.39. The molecule has 0 radical (unpaired) electrons. The minimum Gasteiger partial charge on any atom is -0.339 e. The van der Waals surface area contributed by atoms with Gasteiger partial charge in [-0.25, -0.2) is 8.42 Å². The number of nitrogens with zero attached hydrogens (tertiary/aromatic N) is 2. The van der Waals surface area contributed by atoms with Gasteiger partial charge < -0.3 is 10.2 Å². The van der Waals surface area contributed by atoms with E-state index in [2.05, 4.69) is 5.32 Å². The van der Waals surface area contributed by atoms with Gasteiger partial charge in [0.1, 0.15) is 0 Å². The van der Waals surface area contributed by atoms with Gasteiger partial charge >= 0.3 is 0 Å². The summed E-state index contributed by atoms with van der Waals surface area (Å²) in [5, 5.41) is 3.17. The van der Waals surface area contributed by atoms with Crippen LogP contribution in [0, 0.1) is 5.92 Å². The lowest BCUT2D eigenvalue weighted by molar-refractivity contribution is 0.0687. The third-order valence-corrected chi connectivity index (χ3v) is 7.26. The maximum atomic E-state index is 12.7. The summed E-state index contributed by atoms with van der Waals surface area (Å²) in [4.78, 5) is 14.8. The van der Waals surface area contributed by atoms with Gasteiger partial charge in [0.25, 0.3) is 5.91 Å². The molecule has 1 aromatic carbocycles. The fourth-order valence-electron chi connectivity index (χ4n) is 3.17. The quantitative estimate of drug-likeness (QED) is 0.786. The molecule has 0 atom stereocenters. The Kier molecular flexibility index (Phi) is 7.20. The number of piperidine rings is 1. The number of carbonyl (C=O) groups excluding carboxylic acids is 1. The Hall–Kier alpha value is -1.44. The van der Waals surface area contributed by atoms with Crippen molar-refractivity contribution in [3.8, 4) is 0 Å². The highest BCUT2D eigenvalue weighted by atomic mass is 32.2. The molecule has 26 heavy (non-hydrogen) atoms. The van der Waals surface area contributed by atoms with Crippen LogP contribution in [0.4, 0.5) is 0 Å². The third kappa shape index (κ3) is 4.84. The lowest BCUT2D eigenvalue weighted by atomic mass is 9.93. The number of benzene rings is 1. The number of carbonyl (C=O) groups is 1. The molecule has 1 fully saturated rings. The third-order valence-electron chi connectivity index (χ3n) is 5.21. The Morgan fingerprint density at radius 3 is 2.31 bits per heavy atom. The second kappa shape index (κ2) is 8.97. The van der Waals surface area contributed by atoms with Crippen molar-refractivity contribution in [3.63, 3.8) is 0 Å². The fourth-order valence-corrected chi connectivity index (χ4v) is 4.54. The Balaban J connectivity index is 2.01. The average molecular weight is 382 g/mol. The first kappa shape index (κ1) is 20.9. The fraction of sp³-hybridized carbons (Fsp3) is 0.632. The molecule has 146 valence electrons. The maximum absolute atomic E-state index is 12.7. The Morgan fingerprint density at radius 1 is 1.23 bits per heavy atom. The molecule has 0 aliphatic carbocycles. The first-order valence-corrected chi connectivity index (χ1v) is 10.7. The first-order valence-electron chi connectivity index (χ1n) is 9.29. The van der Waals surface area contributed by atoms with E-state index in [1.165, 1.54) is 16.4 Å². The zero-order valence-electron chi connectivity index (χ0n) is 16.2. The van der Waals surface area contributed by atoms with Crippen molar-refractivity contribution in [3.05, 3.63) is 29.8 Å². The van der Waals surface area contributed by atoms with Crippen LogP contribution in [-0.2, 0) is 10.0 Å². The molecule has 1 N–H and O–H groups in total. The van der Waals surface area contributed by atoms with E-state index in [4.69, 9.17) is 0 Å². The normalized spacial score (nSPS) is 16.5. The Bertz CT molecular complexity index is 693. The predicted octanol–water partition coefficient (Wildman–Crippen LogP) is 2.18. The van der Waals surface area contributed by atoms with Gasteiger partial charge in [0, 0.05) is 31.7 Å². The zero-order chi connectivity index (χ0) is 19.3. The lowest BCUT2D eigenvalue weighted by Gasteiger charge is -2.32. The maximum Gasteiger partial charge on any atom is 0.253 e. The van der Waals surface area contributed by atoms with E-state index in [0.717, 1.165) is 38.9 Å². The number of amides is 1. The van der Waals surface area contributed by atoms with Crippen LogP contribution >= 0.6 is 0 Å².